The molecular weight excluding hydrogens is 439 g/mol. The van der Waals surface area contributed by atoms with E-state index in [1.54, 1.807) is 18.5 Å². The van der Waals surface area contributed by atoms with Crippen LogP contribution in [0.25, 0.3) is 0 Å². The topological polar surface area (TPSA) is 84.8 Å². The maximum absolute atomic E-state index is 10.6. The highest BCUT2D eigenvalue weighted by Crippen LogP contribution is 2.36. The summed E-state index contributed by atoms with van der Waals surface area (Å²) in [6.07, 6.45) is 0.191. The van der Waals surface area contributed by atoms with Gasteiger partial charge in [-0.05, 0) is 17.7 Å². The zero-order valence-electron chi connectivity index (χ0n) is 16.4. The van der Waals surface area contributed by atoms with Gasteiger partial charge in [-0.25, -0.2) is 14.8 Å². The maximum Gasteiger partial charge on any atom is 0.490 e. The van der Waals surface area contributed by atoms with Gasteiger partial charge < -0.3 is 14.6 Å². The first-order valence-corrected chi connectivity index (χ1v) is 9.88. The molecule has 0 radical (unpaired) electrons. The SMILES string of the molecule is Clc1ccccc1CN1CC2(CC(Oc3ncccn3)CCO2)C1.O=C(O)C(F)(F)F. The van der Waals surface area contributed by atoms with E-state index in [0.717, 1.165) is 49.7 Å². The van der Waals surface area contributed by atoms with Gasteiger partial charge in [-0.1, -0.05) is 29.8 Å². The number of halogens is 4. The zero-order valence-corrected chi connectivity index (χ0v) is 17.1. The first kappa shape index (κ1) is 23.2. The smallest absolute Gasteiger partial charge is 0.475 e. The molecule has 0 amide bonds. The third-order valence-electron chi connectivity index (χ3n) is 4.88. The average Bonchev–Trinajstić information content (AvgIpc) is 2.69. The van der Waals surface area contributed by atoms with Crippen LogP contribution in [-0.2, 0) is 16.1 Å². The second kappa shape index (κ2) is 9.80. The van der Waals surface area contributed by atoms with Crippen LogP contribution in [0.4, 0.5) is 13.2 Å². The van der Waals surface area contributed by atoms with Gasteiger partial charge in [0.25, 0.3) is 0 Å². The summed E-state index contributed by atoms with van der Waals surface area (Å²) in [5.41, 5.74) is 1.06. The fourth-order valence-corrected chi connectivity index (χ4v) is 3.74. The van der Waals surface area contributed by atoms with E-state index in [1.165, 1.54) is 0 Å². The minimum absolute atomic E-state index is 0.0983. The van der Waals surface area contributed by atoms with E-state index in [4.69, 9.17) is 31.0 Å². The largest absolute Gasteiger partial charge is 0.490 e. The van der Waals surface area contributed by atoms with Gasteiger partial charge in [0.15, 0.2) is 0 Å². The summed E-state index contributed by atoms with van der Waals surface area (Å²) in [4.78, 5) is 19.6. The number of nitrogens with zero attached hydrogens (tertiary/aromatic N) is 3. The summed E-state index contributed by atoms with van der Waals surface area (Å²) in [6.45, 7) is 3.40. The van der Waals surface area contributed by atoms with Gasteiger partial charge in [-0.15, -0.1) is 0 Å². The molecule has 1 aromatic heterocycles. The lowest BCUT2D eigenvalue weighted by Crippen LogP contribution is -2.65. The number of ether oxygens (including phenoxy) is 2. The van der Waals surface area contributed by atoms with Crippen LogP contribution in [0.15, 0.2) is 42.7 Å². The van der Waals surface area contributed by atoms with Crippen LogP contribution in [0.2, 0.25) is 5.02 Å². The Bertz CT molecular complexity index is 879. The number of likely N-dealkylation sites (tertiary alicyclic amines) is 1. The predicted molar refractivity (Wildman–Crippen MR) is 105 cm³/mol. The first-order valence-electron chi connectivity index (χ1n) is 9.50. The molecule has 1 unspecified atom stereocenters. The van der Waals surface area contributed by atoms with Crippen LogP contribution in [0.3, 0.4) is 0 Å². The first-order chi connectivity index (χ1) is 14.7. The van der Waals surface area contributed by atoms with E-state index in [9.17, 15) is 13.2 Å². The Balaban J connectivity index is 0.000000339. The summed E-state index contributed by atoms with van der Waals surface area (Å²) in [5, 5.41) is 7.95. The highest BCUT2D eigenvalue weighted by molar-refractivity contribution is 6.31. The van der Waals surface area contributed by atoms with E-state index < -0.39 is 12.1 Å². The number of carboxylic acids is 1. The molecule has 4 rings (SSSR count). The molecule has 2 aromatic rings. The minimum Gasteiger partial charge on any atom is -0.475 e. The van der Waals surface area contributed by atoms with Crippen molar-refractivity contribution in [3.63, 3.8) is 0 Å². The number of carboxylic acid groups (broad SMARTS) is 1. The Morgan fingerprint density at radius 3 is 2.52 bits per heavy atom. The molecule has 11 heteroatoms. The van der Waals surface area contributed by atoms with Crippen molar-refractivity contribution >= 4 is 17.6 Å². The molecule has 2 aliphatic rings. The molecule has 31 heavy (non-hydrogen) atoms. The summed E-state index contributed by atoms with van der Waals surface area (Å²) in [5.74, 6) is -2.76. The number of hydrogen-bond donors (Lipinski definition) is 1. The molecular formula is C20H21ClF3N3O4. The van der Waals surface area contributed by atoms with Crippen LogP contribution >= 0.6 is 11.6 Å². The molecule has 0 bridgehead atoms. The maximum atomic E-state index is 10.6. The second-order valence-corrected chi connectivity index (χ2v) is 7.74. The number of carbonyl (C=O) groups is 1. The number of benzene rings is 1. The highest BCUT2D eigenvalue weighted by Gasteiger charge is 2.48. The number of alkyl halides is 3. The Labute approximate surface area is 181 Å². The Morgan fingerprint density at radius 2 is 1.90 bits per heavy atom. The normalized spacial score (nSPS) is 20.3. The van der Waals surface area contributed by atoms with Crippen molar-refractivity contribution in [3.05, 3.63) is 53.3 Å². The lowest BCUT2D eigenvalue weighted by Gasteiger charge is -2.53. The molecule has 168 valence electrons. The number of rotatable bonds is 4. The summed E-state index contributed by atoms with van der Waals surface area (Å²) >= 11 is 6.25. The molecule has 0 saturated carbocycles. The van der Waals surface area contributed by atoms with Crippen LogP contribution in [-0.4, -0.2) is 63.5 Å². The van der Waals surface area contributed by atoms with E-state index in [0.29, 0.717) is 6.01 Å². The zero-order chi connectivity index (χ0) is 22.5. The van der Waals surface area contributed by atoms with Gasteiger partial charge in [0.2, 0.25) is 0 Å². The molecule has 2 aliphatic heterocycles. The van der Waals surface area contributed by atoms with Gasteiger partial charge in [0.05, 0.1) is 12.2 Å². The molecule has 2 fully saturated rings. The van der Waals surface area contributed by atoms with E-state index in [-0.39, 0.29) is 11.7 Å². The van der Waals surface area contributed by atoms with Crippen molar-refractivity contribution in [3.8, 4) is 6.01 Å². The molecule has 0 aliphatic carbocycles. The Morgan fingerprint density at radius 1 is 1.26 bits per heavy atom. The van der Waals surface area contributed by atoms with Crippen molar-refractivity contribution in [2.45, 2.75) is 37.3 Å². The lowest BCUT2D eigenvalue weighted by molar-refractivity contribution is -0.192. The Kier molecular flexibility index (Phi) is 7.34. The summed E-state index contributed by atoms with van der Waals surface area (Å²) in [7, 11) is 0. The fourth-order valence-electron chi connectivity index (χ4n) is 3.55. The third-order valence-corrected chi connectivity index (χ3v) is 5.25. The number of hydrogen-bond acceptors (Lipinski definition) is 6. The van der Waals surface area contributed by atoms with Crippen molar-refractivity contribution in [2.75, 3.05) is 19.7 Å². The molecule has 3 heterocycles. The van der Waals surface area contributed by atoms with E-state index in [1.807, 2.05) is 18.2 Å². The summed E-state index contributed by atoms with van der Waals surface area (Å²) in [6, 6.07) is 10.2. The quantitative estimate of drug-likeness (QED) is 0.748. The molecule has 2 saturated heterocycles. The predicted octanol–water partition coefficient (Wildman–Crippen LogP) is 3.58. The van der Waals surface area contributed by atoms with Crippen LogP contribution in [0, 0.1) is 0 Å². The fraction of sp³-hybridized carbons (Fsp3) is 0.450. The van der Waals surface area contributed by atoms with Crippen LogP contribution in [0.1, 0.15) is 18.4 Å². The van der Waals surface area contributed by atoms with Gasteiger partial charge in [0.1, 0.15) is 6.10 Å². The average molecular weight is 460 g/mol. The van der Waals surface area contributed by atoms with E-state index in [2.05, 4.69) is 20.9 Å². The molecule has 1 spiro atoms. The molecule has 1 N–H and O–H groups in total. The third kappa shape index (κ3) is 6.52. The van der Waals surface area contributed by atoms with Crippen LogP contribution in [0.5, 0.6) is 6.01 Å². The highest BCUT2D eigenvalue weighted by atomic mass is 35.5. The van der Waals surface area contributed by atoms with Crippen molar-refractivity contribution < 1.29 is 32.5 Å². The lowest BCUT2D eigenvalue weighted by atomic mass is 9.84. The van der Waals surface area contributed by atoms with Crippen molar-refractivity contribution in [2.24, 2.45) is 0 Å². The monoisotopic (exact) mass is 459 g/mol. The van der Waals surface area contributed by atoms with Crippen molar-refractivity contribution in [1.82, 2.24) is 14.9 Å². The number of aromatic nitrogens is 2. The van der Waals surface area contributed by atoms with Gasteiger partial charge in [-0.3, -0.25) is 4.90 Å². The van der Waals surface area contributed by atoms with Crippen LogP contribution < -0.4 is 4.74 Å². The molecule has 7 nitrogen and oxygen atoms in total. The molecule has 1 atom stereocenters. The standard InChI is InChI=1S/C18H20ClN3O2.C2HF3O2/c19-16-5-2-1-4-14(16)11-22-12-18(13-22)10-15(6-9-23-18)24-17-20-7-3-8-21-17;3-2(4,5)1(6)7/h1-5,7-8,15H,6,9-13H2;(H,6,7). The van der Waals surface area contributed by atoms with Gasteiger partial charge in [-0.2, -0.15) is 13.2 Å². The van der Waals surface area contributed by atoms with E-state index >= 15 is 0 Å². The van der Waals surface area contributed by atoms with Crippen molar-refractivity contribution in [1.29, 1.82) is 0 Å². The Hall–Kier alpha value is -2.43. The van der Waals surface area contributed by atoms with Gasteiger partial charge >= 0.3 is 18.2 Å². The molecule has 1 aromatic carbocycles. The van der Waals surface area contributed by atoms with Gasteiger partial charge in [0, 0.05) is 49.9 Å². The second-order valence-electron chi connectivity index (χ2n) is 7.33. The summed E-state index contributed by atoms with van der Waals surface area (Å²) < 4.78 is 43.7. The minimum atomic E-state index is -5.08. The number of aliphatic carboxylic acids is 1.